The first-order chi connectivity index (χ1) is 8.88. The van der Waals surface area contributed by atoms with Crippen LogP contribution in [-0.2, 0) is 13.1 Å². The fourth-order valence-electron chi connectivity index (χ4n) is 2.38. The van der Waals surface area contributed by atoms with Crippen LogP contribution in [0.2, 0.25) is 0 Å². The van der Waals surface area contributed by atoms with Crippen molar-refractivity contribution < 1.29 is 0 Å². The van der Waals surface area contributed by atoms with Crippen LogP contribution in [-0.4, -0.2) is 22.6 Å². The molecule has 0 radical (unpaired) electrons. The van der Waals surface area contributed by atoms with Crippen molar-refractivity contribution in [3.8, 4) is 0 Å². The van der Waals surface area contributed by atoms with Gasteiger partial charge in [-0.1, -0.05) is 18.2 Å². The van der Waals surface area contributed by atoms with E-state index in [1.165, 1.54) is 35.1 Å². The van der Waals surface area contributed by atoms with E-state index in [1.807, 2.05) is 11.8 Å². The number of hydrogen-bond acceptors (Lipinski definition) is 2. The number of para-hydroxylation sites is 1. The summed E-state index contributed by atoms with van der Waals surface area (Å²) in [5, 5.41) is 5.02. The quantitative estimate of drug-likeness (QED) is 0.858. The van der Waals surface area contributed by atoms with Crippen molar-refractivity contribution in [2.24, 2.45) is 0 Å². The molecule has 1 aliphatic rings. The summed E-state index contributed by atoms with van der Waals surface area (Å²) >= 11 is 1.91. The highest BCUT2D eigenvalue weighted by molar-refractivity contribution is 7.98. The van der Waals surface area contributed by atoms with Crippen LogP contribution in [0.1, 0.15) is 18.4 Å². The Bertz CT molecular complexity index is 528. The molecule has 0 amide bonds. The molecule has 2 nitrogen and oxygen atoms in total. The molecule has 0 atom stereocenters. The first kappa shape index (κ1) is 12.1. The van der Waals surface area contributed by atoms with Crippen LogP contribution < -0.4 is 5.32 Å². The lowest BCUT2D eigenvalue weighted by molar-refractivity contribution is 0.686. The van der Waals surface area contributed by atoms with Crippen LogP contribution in [0.5, 0.6) is 0 Å². The third-order valence-corrected chi connectivity index (χ3v) is 4.16. The number of fused-ring (bicyclic) bond motifs is 1. The Hall–Kier alpha value is -0.930. The molecular formula is C15H20N2S. The zero-order valence-corrected chi connectivity index (χ0v) is 11.7. The second-order valence-electron chi connectivity index (χ2n) is 5.01. The van der Waals surface area contributed by atoms with E-state index in [2.05, 4.69) is 46.6 Å². The number of thioether (sulfide) groups is 1. The molecule has 96 valence electrons. The van der Waals surface area contributed by atoms with E-state index < -0.39 is 0 Å². The normalized spacial score (nSPS) is 15.4. The van der Waals surface area contributed by atoms with E-state index in [9.17, 15) is 0 Å². The molecule has 3 heteroatoms. The fraction of sp³-hybridized carbons (Fsp3) is 0.467. The van der Waals surface area contributed by atoms with Crippen molar-refractivity contribution in [3.63, 3.8) is 0 Å². The molecule has 1 aliphatic carbocycles. The Morgan fingerprint density at radius 3 is 2.94 bits per heavy atom. The summed E-state index contributed by atoms with van der Waals surface area (Å²) in [5.74, 6) is 1.17. The minimum absolute atomic E-state index is 0.776. The molecule has 0 unspecified atom stereocenters. The molecule has 2 aromatic rings. The Morgan fingerprint density at radius 2 is 2.17 bits per heavy atom. The van der Waals surface area contributed by atoms with Gasteiger partial charge in [-0.2, -0.15) is 11.8 Å². The fourth-order valence-corrected chi connectivity index (χ4v) is 2.76. The third-order valence-electron chi connectivity index (χ3n) is 3.57. The third kappa shape index (κ3) is 2.57. The van der Waals surface area contributed by atoms with Crippen molar-refractivity contribution in [1.29, 1.82) is 0 Å². The maximum absolute atomic E-state index is 3.62. The average Bonchev–Trinajstić information content (AvgIpc) is 3.17. The number of aryl methyl sites for hydroxylation is 1. The predicted molar refractivity (Wildman–Crippen MR) is 80.2 cm³/mol. The summed E-state index contributed by atoms with van der Waals surface area (Å²) in [6.45, 7) is 2.11. The minimum Gasteiger partial charge on any atom is -0.346 e. The molecule has 1 aromatic carbocycles. The molecule has 18 heavy (non-hydrogen) atoms. The zero-order chi connectivity index (χ0) is 12.4. The number of aromatic nitrogens is 1. The standard InChI is InChI=1S/C15H20N2S/c1-18-9-8-17-11-12(10-16-13-6-7-13)14-4-2-3-5-15(14)17/h2-5,11,13,16H,6-10H2,1H3. The average molecular weight is 260 g/mol. The summed E-state index contributed by atoms with van der Waals surface area (Å²) in [6.07, 6.45) is 7.20. The van der Waals surface area contributed by atoms with Gasteiger partial charge in [0.15, 0.2) is 0 Å². The van der Waals surface area contributed by atoms with Gasteiger partial charge >= 0.3 is 0 Å². The van der Waals surface area contributed by atoms with Crippen LogP contribution in [0.15, 0.2) is 30.5 Å². The molecule has 1 aromatic heterocycles. The number of benzene rings is 1. The number of nitrogens with one attached hydrogen (secondary N) is 1. The highest BCUT2D eigenvalue weighted by Gasteiger charge is 2.20. The molecule has 0 spiro atoms. The lowest BCUT2D eigenvalue weighted by Gasteiger charge is -2.02. The summed E-state index contributed by atoms with van der Waals surface area (Å²) in [7, 11) is 0. The van der Waals surface area contributed by atoms with E-state index in [4.69, 9.17) is 0 Å². The first-order valence-electron chi connectivity index (χ1n) is 6.67. The van der Waals surface area contributed by atoms with E-state index >= 15 is 0 Å². The van der Waals surface area contributed by atoms with Gasteiger partial charge in [-0.15, -0.1) is 0 Å². The zero-order valence-electron chi connectivity index (χ0n) is 10.9. The van der Waals surface area contributed by atoms with Gasteiger partial charge in [-0.25, -0.2) is 0 Å². The highest BCUT2D eigenvalue weighted by atomic mass is 32.2. The van der Waals surface area contributed by atoms with Crippen molar-refractivity contribution in [1.82, 2.24) is 9.88 Å². The van der Waals surface area contributed by atoms with Crippen LogP contribution in [0.4, 0.5) is 0 Å². The van der Waals surface area contributed by atoms with Gasteiger partial charge in [0, 0.05) is 42.0 Å². The molecule has 3 rings (SSSR count). The summed E-state index contributed by atoms with van der Waals surface area (Å²) in [5.41, 5.74) is 2.82. The molecule has 1 heterocycles. The van der Waals surface area contributed by atoms with E-state index in [0.717, 1.165) is 19.1 Å². The van der Waals surface area contributed by atoms with E-state index in [1.54, 1.807) is 0 Å². The van der Waals surface area contributed by atoms with Crippen molar-refractivity contribution in [3.05, 3.63) is 36.0 Å². The Morgan fingerprint density at radius 1 is 1.33 bits per heavy atom. The second kappa shape index (κ2) is 5.37. The monoisotopic (exact) mass is 260 g/mol. The smallest absolute Gasteiger partial charge is 0.0483 e. The van der Waals surface area contributed by atoms with E-state index in [-0.39, 0.29) is 0 Å². The highest BCUT2D eigenvalue weighted by Crippen LogP contribution is 2.24. The lowest BCUT2D eigenvalue weighted by atomic mass is 10.2. The Balaban J connectivity index is 1.86. The van der Waals surface area contributed by atoms with Crippen LogP contribution in [0, 0.1) is 0 Å². The summed E-state index contributed by atoms with van der Waals surface area (Å²) in [4.78, 5) is 0. The van der Waals surface area contributed by atoms with Gasteiger partial charge in [0.05, 0.1) is 0 Å². The molecule has 1 fully saturated rings. The van der Waals surface area contributed by atoms with Gasteiger partial charge in [-0.3, -0.25) is 0 Å². The van der Waals surface area contributed by atoms with Crippen molar-refractivity contribution in [2.75, 3.05) is 12.0 Å². The van der Waals surface area contributed by atoms with Crippen molar-refractivity contribution >= 4 is 22.7 Å². The summed E-state index contributed by atoms with van der Waals surface area (Å²) in [6, 6.07) is 9.53. The number of hydrogen-bond donors (Lipinski definition) is 1. The maximum atomic E-state index is 3.62. The molecule has 0 bridgehead atoms. The van der Waals surface area contributed by atoms with E-state index in [0.29, 0.717) is 0 Å². The van der Waals surface area contributed by atoms with Gasteiger partial charge in [-0.05, 0) is 30.7 Å². The minimum atomic E-state index is 0.776. The van der Waals surface area contributed by atoms with Crippen molar-refractivity contribution in [2.45, 2.75) is 32.0 Å². The first-order valence-corrected chi connectivity index (χ1v) is 8.07. The van der Waals surface area contributed by atoms with Gasteiger partial charge in [0.1, 0.15) is 0 Å². The van der Waals surface area contributed by atoms with Gasteiger partial charge in [0.25, 0.3) is 0 Å². The maximum Gasteiger partial charge on any atom is 0.0483 e. The largest absolute Gasteiger partial charge is 0.346 e. The van der Waals surface area contributed by atoms with Gasteiger partial charge < -0.3 is 9.88 Å². The van der Waals surface area contributed by atoms with Crippen LogP contribution in [0.25, 0.3) is 10.9 Å². The Kier molecular flexibility index (Phi) is 3.62. The SMILES string of the molecule is CSCCn1cc(CNC2CC2)c2ccccc21. The molecule has 1 N–H and O–H groups in total. The topological polar surface area (TPSA) is 17.0 Å². The number of nitrogens with zero attached hydrogens (tertiary/aromatic N) is 1. The molecule has 0 aliphatic heterocycles. The Labute approximate surface area is 113 Å². The lowest BCUT2D eigenvalue weighted by Crippen LogP contribution is -2.14. The molecule has 0 saturated heterocycles. The van der Waals surface area contributed by atoms with Crippen LogP contribution in [0.3, 0.4) is 0 Å². The predicted octanol–water partition coefficient (Wildman–Crippen LogP) is 3.26. The molecular weight excluding hydrogens is 240 g/mol. The van der Waals surface area contributed by atoms with Gasteiger partial charge in [0.2, 0.25) is 0 Å². The van der Waals surface area contributed by atoms with Crippen LogP contribution >= 0.6 is 11.8 Å². The summed E-state index contributed by atoms with van der Waals surface area (Å²) < 4.78 is 2.40. The second-order valence-corrected chi connectivity index (χ2v) is 6.00. The number of rotatable bonds is 6. The molecule has 1 saturated carbocycles.